The van der Waals surface area contributed by atoms with Crippen LogP contribution in [-0.2, 0) is 10.5 Å². The maximum absolute atomic E-state index is 12.3. The number of hydrogen-bond acceptors (Lipinski definition) is 6. The van der Waals surface area contributed by atoms with Gasteiger partial charge in [0.25, 0.3) is 5.79 Å². The molecule has 1 atom stereocenters. The van der Waals surface area contributed by atoms with Crippen LogP contribution >= 0.6 is 0 Å². The highest BCUT2D eigenvalue weighted by molar-refractivity contribution is 6.52. The Balaban J connectivity index is 1.78. The minimum Gasteiger partial charge on any atom is -0.497 e. The Morgan fingerprint density at radius 2 is 1.83 bits per heavy atom. The van der Waals surface area contributed by atoms with Crippen molar-refractivity contribution in [1.29, 1.82) is 0 Å². The van der Waals surface area contributed by atoms with Crippen LogP contribution in [0, 0.1) is 0 Å². The van der Waals surface area contributed by atoms with E-state index in [-0.39, 0.29) is 17.4 Å². The summed E-state index contributed by atoms with van der Waals surface area (Å²) >= 11 is 0. The molecule has 1 aliphatic carbocycles. The van der Waals surface area contributed by atoms with Gasteiger partial charge in [0.15, 0.2) is 5.71 Å². The Hall–Kier alpha value is -2.99. The normalized spacial score (nSPS) is 21.7. The molecule has 0 amide bonds. The first-order valence-corrected chi connectivity index (χ1v) is 6.99. The molecule has 114 valence electrons. The number of ketones is 1. The molecule has 6 nitrogen and oxygen atoms in total. The molecule has 1 heterocycles. The average Bonchev–Trinajstić information content (AvgIpc) is 2.83. The van der Waals surface area contributed by atoms with E-state index in [0.717, 1.165) is 0 Å². The Morgan fingerprint density at radius 1 is 1.09 bits per heavy atom. The molecule has 0 radical (unpaired) electrons. The molecule has 2 aromatic carbocycles. The molecular formula is C17H12N2O4. The molecular weight excluding hydrogens is 296 g/mol. The summed E-state index contributed by atoms with van der Waals surface area (Å²) in [6, 6.07) is 13.7. The lowest BCUT2D eigenvalue weighted by Gasteiger charge is -2.27. The summed E-state index contributed by atoms with van der Waals surface area (Å²) in [6.45, 7) is 0. The van der Waals surface area contributed by atoms with Gasteiger partial charge in [0.2, 0.25) is 11.7 Å². The summed E-state index contributed by atoms with van der Waals surface area (Å²) in [6.07, 6.45) is 0. The van der Waals surface area contributed by atoms with Crippen LogP contribution in [-0.4, -0.2) is 29.6 Å². The summed E-state index contributed by atoms with van der Waals surface area (Å²) in [5.41, 5.74) is 1.26. The molecule has 0 bridgehead atoms. The molecule has 2 aliphatic rings. The fourth-order valence-electron chi connectivity index (χ4n) is 2.71. The topological polar surface area (TPSA) is 80.5 Å². The zero-order valence-electron chi connectivity index (χ0n) is 12.2. The third kappa shape index (κ3) is 1.89. The summed E-state index contributed by atoms with van der Waals surface area (Å²) in [4.78, 5) is 12.3. The van der Waals surface area contributed by atoms with E-state index in [1.165, 1.54) is 0 Å². The lowest BCUT2D eigenvalue weighted by molar-refractivity contribution is -0.0913. The number of carbonyl (C=O) groups is 1. The average molecular weight is 308 g/mol. The van der Waals surface area contributed by atoms with Crippen molar-refractivity contribution in [1.82, 2.24) is 0 Å². The summed E-state index contributed by atoms with van der Waals surface area (Å²) in [5, 5.41) is 18.7. The van der Waals surface area contributed by atoms with Gasteiger partial charge in [-0.05, 0) is 24.3 Å². The van der Waals surface area contributed by atoms with Crippen molar-refractivity contribution in [3.05, 3.63) is 65.2 Å². The molecule has 0 spiro atoms. The van der Waals surface area contributed by atoms with Crippen LogP contribution in [0.1, 0.15) is 21.5 Å². The van der Waals surface area contributed by atoms with Crippen LogP contribution in [0.4, 0.5) is 0 Å². The van der Waals surface area contributed by atoms with E-state index in [0.29, 0.717) is 22.4 Å². The van der Waals surface area contributed by atoms with E-state index in [2.05, 4.69) is 10.2 Å². The predicted molar refractivity (Wildman–Crippen MR) is 82.7 cm³/mol. The van der Waals surface area contributed by atoms with Gasteiger partial charge in [0, 0.05) is 16.7 Å². The van der Waals surface area contributed by atoms with Gasteiger partial charge < -0.3 is 14.6 Å². The standard InChI is InChI=1S/C17H12N2O4/c1-22-11-8-6-10(7-9-11)16-19-18-15-14(20)12-4-2-3-5-13(12)17(15,21)23-16/h2-9,21H,1H3. The number of Topliss-reactive ketones (excluding diaryl/α,β-unsaturated/α-hetero) is 1. The fourth-order valence-corrected chi connectivity index (χ4v) is 2.71. The van der Waals surface area contributed by atoms with Crippen molar-refractivity contribution < 1.29 is 19.4 Å². The monoisotopic (exact) mass is 308 g/mol. The van der Waals surface area contributed by atoms with E-state index in [9.17, 15) is 9.90 Å². The molecule has 0 aromatic heterocycles. The second-order valence-electron chi connectivity index (χ2n) is 5.20. The van der Waals surface area contributed by atoms with E-state index >= 15 is 0 Å². The van der Waals surface area contributed by atoms with Crippen molar-refractivity contribution in [3.63, 3.8) is 0 Å². The predicted octanol–water partition coefficient (Wildman–Crippen LogP) is 1.87. The number of rotatable bonds is 2. The number of benzene rings is 2. The number of aliphatic hydroxyl groups is 1. The molecule has 0 fully saturated rings. The molecule has 1 unspecified atom stereocenters. The zero-order chi connectivity index (χ0) is 16.0. The van der Waals surface area contributed by atoms with Gasteiger partial charge in [0.05, 0.1) is 7.11 Å². The first-order chi connectivity index (χ1) is 11.1. The van der Waals surface area contributed by atoms with Crippen LogP contribution in [0.15, 0.2) is 58.7 Å². The first kappa shape index (κ1) is 13.7. The van der Waals surface area contributed by atoms with E-state index in [1.54, 1.807) is 55.6 Å². The number of hydrogen-bond donors (Lipinski definition) is 1. The van der Waals surface area contributed by atoms with Crippen molar-refractivity contribution in [2.75, 3.05) is 7.11 Å². The third-order valence-electron chi connectivity index (χ3n) is 3.89. The highest BCUT2D eigenvalue weighted by atomic mass is 16.6. The highest BCUT2D eigenvalue weighted by Gasteiger charge is 2.53. The van der Waals surface area contributed by atoms with Crippen LogP contribution in [0.5, 0.6) is 5.75 Å². The summed E-state index contributed by atoms with van der Waals surface area (Å²) in [7, 11) is 1.57. The SMILES string of the molecule is COc1ccc(C2=NN=C3C(=O)c4ccccc4C3(O)O2)cc1. The Labute approximate surface area is 131 Å². The lowest BCUT2D eigenvalue weighted by Crippen LogP contribution is -2.41. The number of carbonyl (C=O) groups excluding carboxylic acids is 1. The van der Waals surface area contributed by atoms with Gasteiger partial charge in [-0.15, -0.1) is 10.2 Å². The number of fused-ring (bicyclic) bond motifs is 3. The van der Waals surface area contributed by atoms with Crippen molar-refractivity contribution in [3.8, 4) is 5.75 Å². The molecule has 0 saturated heterocycles. The number of methoxy groups -OCH3 is 1. The van der Waals surface area contributed by atoms with Gasteiger partial charge >= 0.3 is 0 Å². The van der Waals surface area contributed by atoms with Gasteiger partial charge in [-0.1, -0.05) is 24.3 Å². The molecule has 1 aliphatic heterocycles. The van der Waals surface area contributed by atoms with Gasteiger partial charge in [-0.2, -0.15) is 0 Å². The highest BCUT2D eigenvalue weighted by Crippen LogP contribution is 2.38. The van der Waals surface area contributed by atoms with E-state index < -0.39 is 5.79 Å². The number of nitrogens with zero attached hydrogens (tertiary/aromatic N) is 2. The molecule has 6 heteroatoms. The Morgan fingerprint density at radius 3 is 2.57 bits per heavy atom. The van der Waals surface area contributed by atoms with Crippen LogP contribution in [0.2, 0.25) is 0 Å². The molecule has 0 saturated carbocycles. The van der Waals surface area contributed by atoms with Crippen molar-refractivity contribution in [2.24, 2.45) is 10.2 Å². The van der Waals surface area contributed by atoms with Crippen LogP contribution in [0.3, 0.4) is 0 Å². The molecule has 4 rings (SSSR count). The van der Waals surface area contributed by atoms with Crippen molar-refractivity contribution >= 4 is 17.4 Å². The minimum atomic E-state index is -1.90. The van der Waals surface area contributed by atoms with E-state index in [4.69, 9.17) is 9.47 Å². The largest absolute Gasteiger partial charge is 0.497 e. The quantitative estimate of drug-likeness (QED) is 0.918. The lowest BCUT2D eigenvalue weighted by atomic mass is 10.1. The zero-order valence-corrected chi connectivity index (χ0v) is 12.2. The minimum absolute atomic E-state index is 0.115. The van der Waals surface area contributed by atoms with E-state index in [1.807, 2.05) is 0 Å². The Bertz CT molecular complexity index is 870. The summed E-state index contributed by atoms with van der Waals surface area (Å²) in [5.74, 6) is -1.44. The summed E-state index contributed by atoms with van der Waals surface area (Å²) < 4.78 is 10.8. The molecule has 23 heavy (non-hydrogen) atoms. The van der Waals surface area contributed by atoms with Gasteiger partial charge in [-0.3, -0.25) is 4.79 Å². The van der Waals surface area contributed by atoms with Gasteiger partial charge in [0.1, 0.15) is 5.75 Å². The van der Waals surface area contributed by atoms with Crippen LogP contribution in [0.25, 0.3) is 0 Å². The fraction of sp³-hybridized carbons (Fsp3) is 0.118. The number of ether oxygens (including phenoxy) is 2. The van der Waals surface area contributed by atoms with Crippen molar-refractivity contribution in [2.45, 2.75) is 5.79 Å². The molecule has 2 aromatic rings. The first-order valence-electron chi connectivity index (χ1n) is 6.99. The smallest absolute Gasteiger partial charge is 0.287 e. The second kappa shape index (κ2) is 4.76. The van der Waals surface area contributed by atoms with Crippen LogP contribution < -0.4 is 4.74 Å². The maximum Gasteiger partial charge on any atom is 0.287 e. The second-order valence-corrected chi connectivity index (χ2v) is 5.20. The maximum atomic E-state index is 12.3. The van der Waals surface area contributed by atoms with Gasteiger partial charge in [-0.25, -0.2) is 0 Å². The third-order valence-corrected chi connectivity index (χ3v) is 3.89. The molecule has 1 N–H and O–H groups in total. The Kier molecular flexibility index (Phi) is 2.82.